The maximum absolute atomic E-state index is 12.3. The number of thiocarbonyl (C=S) groups is 1. The third kappa shape index (κ3) is 6.73. The molecular formula is C17H28ClN3O2S2. The van der Waals surface area contributed by atoms with Crippen molar-refractivity contribution in [2.45, 2.75) is 44.4 Å². The molecule has 0 aliphatic carbocycles. The Hall–Kier alpha value is -0.890. The number of benzene rings is 1. The lowest BCUT2D eigenvalue weighted by atomic mass is 9.99. The van der Waals surface area contributed by atoms with E-state index in [1.807, 2.05) is 0 Å². The predicted molar refractivity (Wildman–Crippen MR) is 110 cm³/mol. The van der Waals surface area contributed by atoms with Crippen molar-refractivity contribution in [2.24, 2.45) is 5.92 Å². The molecule has 1 rings (SSSR count). The highest BCUT2D eigenvalue weighted by atomic mass is 35.5. The Bertz CT molecular complexity index is 678. The van der Waals surface area contributed by atoms with E-state index in [0.29, 0.717) is 16.7 Å². The normalized spacial score (nSPS) is 12.9. The van der Waals surface area contributed by atoms with Crippen LogP contribution in [-0.4, -0.2) is 38.5 Å². The number of nitrogens with one attached hydrogen (secondary N) is 2. The first-order chi connectivity index (χ1) is 11.7. The highest BCUT2D eigenvalue weighted by Gasteiger charge is 2.21. The van der Waals surface area contributed by atoms with Gasteiger partial charge >= 0.3 is 0 Å². The molecule has 1 atom stereocenters. The molecule has 0 saturated carbocycles. The van der Waals surface area contributed by atoms with Crippen molar-refractivity contribution >= 4 is 44.6 Å². The molecule has 0 aliphatic rings. The fourth-order valence-corrected chi connectivity index (χ4v) is 3.93. The Morgan fingerprint density at radius 1 is 1.32 bits per heavy atom. The van der Waals surface area contributed by atoms with Gasteiger partial charge in [-0.05, 0) is 42.8 Å². The van der Waals surface area contributed by atoms with Crippen LogP contribution in [0, 0.1) is 5.92 Å². The molecule has 0 aromatic heterocycles. The molecule has 1 aromatic rings. The van der Waals surface area contributed by atoms with E-state index in [2.05, 4.69) is 24.5 Å². The van der Waals surface area contributed by atoms with Crippen LogP contribution in [0.3, 0.4) is 0 Å². The summed E-state index contributed by atoms with van der Waals surface area (Å²) in [5.74, 6) is 0.578. The number of hydrogen-bond acceptors (Lipinski definition) is 3. The summed E-state index contributed by atoms with van der Waals surface area (Å²) in [7, 11) is -0.665. The molecule has 2 N–H and O–H groups in total. The zero-order valence-electron chi connectivity index (χ0n) is 15.3. The second kappa shape index (κ2) is 10.3. The van der Waals surface area contributed by atoms with Gasteiger partial charge in [0.15, 0.2) is 5.11 Å². The standard InChI is InChI=1S/C17H28ClN3O2S2/c1-5-7-8-13(6-2)12-19-17(24)20-14-9-10-15(18)16(11-14)25(22,23)21(3)4/h9-11,13H,5-8,12H2,1-4H3,(H2,19,20,24)/t13-/m1/s1. The summed E-state index contributed by atoms with van der Waals surface area (Å²) in [6, 6.07) is 4.76. The Balaban J connectivity index is 2.75. The molecule has 0 heterocycles. The summed E-state index contributed by atoms with van der Waals surface area (Å²) < 4.78 is 25.8. The van der Waals surface area contributed by atoms with E-state index in [9.17, 15) is 8.42 Å². The molecule has 25 heavy (non-hydrogen) atoms. The third-order valence-electron chi connectivity index (χ3n) is 4.04. The smallest absolute Gasteiger partial charge is 0.244 e. The van der Waals surface area contributed by atoms with E-state index in [1.54, 1.807) is 12.1 Å². The summed E-state index contributed by atoms with van der Waals surface area (Å²) in [4.78, 5) is 0.0568. The lowest BCUT2D eigenvalue weighted by Gasteiger charge is -2.18. The van der Waals surface area contributed by atoms with Crippen LogP contribution in [0.1, 0.15) is 39.5 Å². The second-order valence-electron chi connectivity index (χ2n) is 6.18. The molecule has 0 amide bonds. The van der Waals surface area contributed by atoms with Gasteiger partial charge in [-0.25, -0.2) is 12.7 Å². The van der Waals surface area contributed by atoms with Gasteiger partial charge in [-0.1, -0.05) is 44.7 Å². The molecule has 1 aromatic carbocycles. The third-order valence-corrected chi connectivity index (χ3v) is 6.59. The van der Waals surface area contributed by atoms with Gasteiger partial charge in [0, 0.05) is 26.3 Å². The van der Waals surface area contributed by atoms with Crippen LogP contribution in [0.15, 0.2) is 23.1 Å². The van der Waals surface area contributed by atoms with Crippen LogP contribution in [0.4, 0.5) is 5.69 Å². The average Bonchev–Trinajstić information content (AvgIpc) is 2.56. The number of unbranched alkanes of at least 4 members (excludes halogenated alkanes) is 1. The summed E-state index contributed by atoms with van der Waals surface area (Å²) >= 11 is 11.4. The van der Waals surface area contributed by atoms with Crippen molar-refractivity contribution in [1.29, 1.82) is 0 Å². The van der Waals surface area contributed by atoms with Crippen molar-refractivity contribution in [3.8, 4) is 0 Å². The highest BCUT2D eigenvalue weighted by Crippen LogP contribution is 2.26. The number of nitrogens with zero attached hydrogens (tertiary/aromatic N) is 1. The Kier molecular flexibility index (Phi) is 9.13. The van der Waals surface area contributed by atoms with Crippen LogP contribution in [0.5, 0.6) is 0 Å². The second-order valence-corrected chi connectivity index (χ2v) is 9.12. The molecule has 0 bridgehead atoms. The molecule has 0 saturated heterocycles. The number of halogens is 1. The molecule has 0 radical (unpaired) electrons. The van der Waals surface area contributed by atoms with Gasteiger partial charge in [0.1, 0.15) is 4.90 Å². The minimum Gasteiger partial charge on any atom is -0.362 e. The summed E-state index contributed by atoms with van der Waals surface area (Å²) in [6.07, 6.45) is 4.67. The summed E-state index contributed by atoms with van der Waals surface area (Å²) in [5, 5.41) is 6.91. The molecule has 0 unspecified atom stereocenters. The maximum Gasteiger partial charge on any atom is 0.244 e. The monoisotopic (exact) mass is 405 g/mol. The summed E-state index contributed by atoms with van der Waals surface area (Å²) in [6.45, 7) is 5.17. The molecule has 142 valence electrons. The van der Waals surface area contributed by atoms with Crippen LogP contribution in [0.25, 0.3) is 0 Å². The van der Waals surface area contributed by atoms with Crippen LogP contribution in [-0.2, 0) is 10.0 Å². The van der Waals surface area contributed by atoms with E-state index < -0.39 is 10.0 Å². The molecular weight excluding hydrogens is 378 g/mol. The first-order valence-corrected chi connectivity index (χ1v) is 10.7. The number of hydrogen-bond donors (Lipinski definition) is 2. The van der Waals surface area contributed by atoms with Gasteiger partial charge in [-0.3, -0.25) is 0 Å². The SMILES string of the molecule is CCCC[C@@H](CC)CNC(=S)Nc1ccc(Cl)c(S(=O)(=O)N(C)C)c1. The van der Waals surface area contributed by atoms with Crippen LogP contribution >= 0.6 is 23.8 Å². The molecule has 0 fully saturated rings. The first-order valence-electron chi connectivity index (χ1n) is 8.49. The van der Waals surface area contributed by atoms with Crippen LogP contribution < -0.4 is 10.6 Å². The van der Waals surface area contributed by atoms with Gasteiger partial charge in [0.25, 0.3) is 0 Å². The van der Waals surface area contributed by atoms with E-state index >= 15 is 0 Å². The van der Waals surface area contributed by atoms with Gasteiger partial charge in [-0.2, -0.15) is 0 Å². The van der Waals surface area contributed by atoms with Gasteiger partial charge in [0.05, 0.1) is 5.02 Å². The lowest BCUT2D eigenvalue weighted by Crippen LogP contribution is -2.32. The average molecular weight is 406 g/mol. The van der Waals surface area contributed by atoms with E-state index in [4.69, 9.17) is 23.8 Å². The van der Waals surface area contributed by atoms with E-state index in [1.165, 1.54) is 39.4 Å². The summed E-state index contributed by atoms with van der Waals surface area (Å²) in [5.41, 5.74) is 0.587. The minimum absolute atomic E-state index is 0.0568. The van der Waals surface area contributed by atoms with Crippen molar-refractivity contribution in [2.75, 3.05) is 26.0 Å². The number of anilines is 1. The highest BCUT2D eigenvalue weighted by molar-refractivity contribution is 7.89. The first kappa shape index (κ1) is 22.2. The number of sulfonamides is 1. The fourth-order valence-electron chi connectivity index (χ4n) is 2.33. The van der Waals surface area contributed by atoms with Gasteiger partial charge in [-0.15, -0.1) is 0 Å². The maximum atomic E-state index is 12.3. The fraction of sp³-hybridized carbons (Fsp3) is 0.588. The predicted octanol–water partition coefficient (Wildman–Crippen LogP) is 4.09. The van der Waals surface area contributed by atoms with E-state index in [0.717, 1.165) is 17.3 Å². The zero-order chi connectivity index (χ0) is 19.0. The van der Waals surface area contributed by atoms with Crippen LogP contribution in [0.2, 0.25) is 5.02 Å². The molecule has 0 aliphatic heterocycles. The van der Waals surface area contributed by atoms with Gasteiger partial charge < -0.3 is 10.6 Å². The van der Waals surface area contributed by atoms with E-state index in [-0.39, 0.29) is 9.92 Å². The zero-order valence-corrected chi connectivity index (χ0v) is 17.7. The van der Waals surface area contributed by atoms with Crippen molar-refractivity contribution in [3.05, 3.63) is 23.2 Å². The minimum atomic E-state index is -3.61. The quantitative estimate of drug-likeness (QED) is 0.606. The van der Waals surface area contributed by atoms with Crippen molar-refractivity contribution in [3.63, 3.8) is 0 Å². The van der Waals surface area contributed by atoms with Crippen molar-refractivity contribution < 1.29 is 8.42 Å². The molecule has 8 heteroatoms. The topological polar surface area (TPSA) is 61.4 Å². The Morgan fingerprint density at radius 3 is 2.56 bits per heavy atom. The van der Waals surface area contributed by atoms with Crippen molar-refractivity contribution in [1.82, 2.24) is 9.62 Å². The molecule has 0 spiro atoms. The number of rotatable bonds is 9. The largest absolute Gasteiger partial charge is 0.362 e. The Morgan fingerprint density at radius 2 is 2.00 bits per heavy atom. The van der Waals surface area contributed by atoms with Gasteiger partial charge in [0.2, 0.25) is 10.0 Å². The lowest BCUT2D eigenvalue weighted by molar-refractivity contribution is 0.446. The Labute approximate surface area is 162 Å². The molecule has 5 nitrogen and oxygen atoms in total.